The van der Waals surface area contributed by atoms with E-state index in [2.05, 4.69) is 0 Å². The van der Waals surface area contributed by atoms with Gasteiger partial charge >= 0.3 is 0 Å². The Labute approximate surface area is 106 Å². The molecule has 0 aliphatic heterocycles. The number of nitrogens with two attached hydrogens (primary N) is 1. The summed E-state index contributed by atoms with van der Waals surface area (Å²) < 4.78 is 38.8. The molecule has 0 saturated carbocycles. The maximum atomic E-state index is 13.6. The predicted molar refractivity (Wildman–Crippen MR) is 65.5 cm³/mol. The molecule has 7 heteroatoms. The van der Waals surface area contributed by atoms with Gasteiger partial charge in [0.05, 0.1) is 12.5 Å². The summed E-state index contributed by atoms with van der Waals surface area (Å²) in [6, 6.07) is 4.74. The first-order valence-corrected chi connectivity index (χ1v) is 6.64. The minimum absolute atomic E-state index is 0.0340. The van der Waals surface area contributed by atoms with Gasteiger partial charge in [-0.05, 0) is 25.1 Å². The number of nitrogens with zero attached hydrogens (tertiary/aromatic N) is 2. The lowest BCUT2D eigenvalue weighted by molar-refractivity contribution is 0.390. The molecule has 1 aromatic rings. The standard InChI is InChI=1S/C11H14FN3O2S/c1-8(5-6-13)15(2)18(16,17)11-4-3-9(14)7-10(11)12/h3-4,7-8H,5,14H2,1-2H3. The van der Waals surface area contributed by atoms with E-state index in [1.54, 1.807) is 6.92 Å². The fourth-order valence-electron chi connectivity index (χ4n) is 1.38. The number of halogens is 1. The summed E-state index contributed by atoms with van der Waals surface area (Å²) in [5, 5.41) is 8.55. The average Bonchev–Trinajstić information content (AvgIpc) is 2.27. The maximum absolute atomic E-state index is 13.6. The van der Waals surface area contributed by atoms with Gasteiger partial charge in [0.2, 0.25) is 10.0 Å². The highest BCUT2D eigenvalue weighted by Crippen LogP contribution is 2.22. The summed E-state index contributed by atoms with van der Waals surface area (Å²) in [5.41, 5.74) is 5.51. The van der Waals surface area contributed by atoms with Crippen LogP contribution in [0.2, 0.25) is 0 Å². The van der Waals surface area contributed by atoms with Crippen LogP contribution in [0.3, 0.4) is 0 Å². The Hall–Kier alpha value is -1.65. The summed E-state index contributed by atoms with van der Waals surface area (Å²) in [6.07, 6.45) is 0.0340. The van der Waals surface area contributed by atoms with Crippen LogP contribution < -0.4 is 5.73 Å². The molecule has 0 bridgehead atoms. The molecule has 0 amide bonds. The second-order valence-corrected chi connectivity index (χ2v) is 5.89. The molecule has 0 spiro atoms. The van der Waals surface area contributed by atoms with E-state index >= 15 is 0 Å². The van der Waals surface area contributed by atoms with Crippen molar-refractivity contribution in [1.82, 2.24) is 4.31 Å². The van der Waals surface area contributed by atoms with Gasteiger partial charge < -0.3 is 5.73 Å². The van der Waals surface area contributed by atoms with E-state index in [1.807, 2.05) is 6.07 Å². The second-order valence-electron chi connectivity index (χ2n) is 3.92. The van der Waals surface area contributed by atoms with Crippen LogP contribution in [0.4, 0.5) is 10.1 Å². The molecule has 5 nitrogen and oxygen atoms in total. The quantitative estimate of drug-likeness (QED) is 0.837. The molecule has 0 saturated heterocycles. The first-order valence-electron chi connectivity index (χ1n) is 5.20. The molecule has 0 aliphatic carbocycles. The van der Waals surface area contributed by atoms with Crippen LogP contribution >= 0.6 is 0 Å². The predicted octanol–water partition coefficient (Wildman–Crippen LogP) is 1.33. The maximum Gasteiger partial charge on any atom is 0.246 e. The van der Waals surface area contributed by atoms with Crippen molar-refractivity contribution in [2.45, 2.75) is 24.3 Å². The van der Waals surface area contributed by atoms with Gasteiger partial charge in [-0.25, -0.2) is 12.8 Å². The Bertz CT molecular complexity index is 580. The lowest BCUT2D eigenvalue weighted by Gasteiger charge is -2.22. The Morgan fingerprint density at radius 1 is 1.56 bits per heavy atom. The van der Waals surface area contributed by atoms with Crippen LogP contribution in [-0.4, -0.2) is 25.8 Å². The third-order valence-electron chi connectivity index (χ3n) is 2.62. The second kappa shape index (κ2) is 5.33. The lowest BCUT2D eigenvalue weighted by atomic mass is 10.3. The zero-order chi connectivity index (χ0) is 13.9. The fraction of sp³-hybridized carbons (Fsp3) is 0.364. The summed E-state index contributed by atoms with van der Waals surface area (Å²) in [6.45, 7) is 1.58. The largest absolute Gasteiger partial charge is 0.399 e. The molecular formula is C11H14FN3O2S. The molecule has 18 heavy (non-hydrogen) atoms. The number of benzene rings is 1. The van der Waals surface area contributed by atoms with E-state index in [-0.39, 0.29) is 12.1 Å². The minimum Gasteiger partial charge on any atom is -0.399 e. The van der Waals surface area contributed by atoms with Crippen LogP contribution in [0.1, 0.15) is 13.3 Å². The Morgan fingerprint density at radius 3 is 2.67 bits per heavy atom. The van der Waals surface area contributed by atoms with Crippen molar-refractivity contribution in [2.75, 3.05) is 12.8 Å². The Balaban J connectivity index is 3.18. The normalized spacial score (nSPS) is 13.3. The number of anilines is 1. The molecule has 1 atom stereocenters. The van der Waals surface area contributed by atoms with Crippen molar-refractivity contribution < 1.29 is 12.8 Å². The summed E-state index contributed by atoms with van der Waals surface area (Å²) in [7, 11) is -2.64. The summed E-state index contributed by atoms with van der Waals surface area (Å²) in [4.78, 5) is -0.441. The molecule has 2 N–H and O–H groups in total. The summed E-state index contributed by atoms with van der Waals surface area (Å²) in [5.74, 6) is -0.897. The molecule has 1 aromatic carbocycles. The van der Waals surface area contributed by atoms with Crippen molar-refractivity contribution in [1.29, 1.82) is 5.26 Å². The molecule has 0 heterocycles. The van der Waals surface area contributed by atoms with Crippen molar-refractivity contribution in [2.24, 2.45) is 0 Å². The monoisotopic (exact) mass is 271 g/mol. The molecule has 0 fully saturated rings. The van der Waals surface area contributed by atoms with E-state index in [4.69, 9.17) is 11.0 Å². The third kappa shape index (κ3) is 2.78. The highest BCUT2D eigenvalue weighted by Gasteiger charge is 2.27. The third-order valence-corrected chi connectivity index (χ3v) is 4.63. The van der Waals surface area contributed by atoms with E-state index in [1.165, 1.54) is 13.1 Å². The topological polar surface area (TPSA) is 87.2 Å². The van der Waals surface area contributed by atoms with Gasteiger partial charge in [0.15, 0.2) is 0 Å². The van der Waals surface area contributed by atoms with E-state index in [9.17, 15) is 12.8 Å². The van der Waals surface area contributed by atoms with Crippen LogP contribution in [0, 0.1) is 17.1 Å². The van der Waals surface area contributed by atoms with E-state index < -0.39 is 26.8 Å². The van der Waals surface area contributed by atoms with Gasteiger partial charge in [-0.1, -0.05) is 0 Å². The first kappa shape index (κ1) is 14.4. The van der Waals surface area contributed by atoms with Gasteiger partial charge in [0.25, 0.3) is 0 Å². The zero-order valence-corrected chi connectivity index (χ0v) is 10.9. The Morgan fingerprint density at radius 2 is 2.17 bits per heavy atom. The molecule has 0 aromatic heterocycles. The van der Waals surface area contributed by atoms with Gasteiger partial charge in [-0.2, -0.15) is 9.57 Å². The number of sulfonamides is 1. The lowest BCUT2D eigenvalue weighted by Crippen LogP contribution is -2.35. The zero-order valence-electron chi connectivity index (χ0n) is 10.1. The SMILES string of the molecule is CC(CC#N)N(C)S(=O)(=O)c1ccc(N)cc1F. The highest BCUT2D eigenvalue weighted by molar-refractivity contribution is 7.89. The molecule has 1 rings (SSSR count). The van der Waals surface area contributed by atoms with Crippen LogP contribution in [-0.2, 0) is 10.0 Å². The molecule has 1 unspecified atom stereocenters. The molecule has 0 radical (unpaired) electrons. The average molecular weight is 271 g/mol. The molecular weight excluding hydrogens is 257 g/mol. The molecule has 98 valence electrons. The molecule has 0 aliphatic rings. The number of nitrogen functional groups attached to an aromatic ring is 1. The van der Waals surface area contributed by atoms with Crippen LogP contribution in [0.15, 0.2) is 23.1 Å². The highest BCUT2D eigenvalue weighted by atomic mass is 32.2. The van der Waals surface area contributed by atoms with Gasteiger partial charge in [-0.3, -0.25) is 0 Å². The number of hydrogen-bond donors (Lipinski definition) is 1. The number of rotatable bonds is 4. The van der Waals surface area contributed by atoms with Gasteiger partial charge in [0.1, 0.15) is 10.7 Å². The first-order chi connectivity index (χ1) is 8.30. The smallest absolute Gasteiger partial charge is 0.246 e. The van der Waals surface area contributed by atoms with Crippen molar-refractivity contribution in [3.05, 3.63) is 24.0 Å². The fourth-order valence-corrected chi connectivity index (χ4v) is 2.78. The number of nitriles is 1. The Kier molecular flexibility index (Phi) is 4.27. The van der Waals surface area contributed by atoms with Crippen molar-refractivity contribution >= 4 is 15.7 Å². The summed E-state index contributed by atoms with van der Waals surface area (Å²) >= 11 is 0. The van der Waals surface area contributed by atoms with E-state index in [0.29, 0.717) is 0 Å². The van der Waals surface area contributed by atoms with Crippen molar-refractivity contribution in [3.8, 4) is 6.07 Å². The number of hydrogen-bond acceptors (Lipinski definition) is 4. The van der Waals surface area contributed by atoms with Crippen LogP contribution in [0.25, 0.3) is 0 Å². The van der Waals surface area contributed by atoms with Gasteiger partial charge in [-0.15, -0.1) is 0 Å². The van der Waals surface area contributed by atoms with E-state index in [0.717, 1.165) is 16.4 Å². The van der Waals surface area contributed by atoms with Crippen LogP contribution in [0.5, 0.6) is 0 Å². The minimum atomic E-state index is -3.96. The van der Waals surface area contributed by atoms with Gasteiger partial charge in [0, 0.05) is 18.8 Å². The van der Waals surface area contributed by atoms with Crippen molar-refractivity contribution in [3.63, 3.8) is 0 Å².